The molecule has 0 amide bonds. The van der Waals surface area contributed by atoms with Crippen LogP contribution in [0.1, 0.15) is 11.8 Å². The minimum atomic E-state index is 0.724. The van der Waals surface area contributed by atoms with Crippen molar-refractivity contribution in [2.45, 2.75) is 13.3 Å². The molecular weight excluding hydrogens is 252 g/mol. The van der Waals surface area contributed by atoms with E-state index in [1.54, 1.807) is 11.3 Å². The van der Waals surface area contributed by atoms with E-state index in [0.29, 0.717) is 0 Å². The van der Waals surface area contributed by atoms with Gasteiger partial charge in [-0.15, -0.1) is 11.3 Å². The Labute approximate surface area is 108 Å². The minimum absolute atomic E-state index is 0.724. The lowest BCUT2D eigenvalue weighted by atomic mass is 10.3. The molecular formula is C13H11ClN2S. The van der Waals surface area contributed by atoms with Gasteiger partial charge in [-0.3, -0.25) is 0 Å². The number of aromatic nitrogens is 2. The van der Waals surface area contributed by atoms with Gasteiger partial charge in [0.05, 0.1) is 15.6 Å². The van der Waals surface area contributed by atoms with Gasteiger partial charge >= 0.3 is 0 Å². The predicted molar refractivity (Wildman–Crippen MR) is 72.9 cm³/mol. The summed E-state index contributed by atoms with van der Waals surface area (Å²) in [7, 11) is 0. The van der Waals surface area contributed by atoms with Gasteiger partial charge in [0.15, 0.2) is 0 Å². The summed E-state index contributed by atoms with van der Waals surface area (Å²) in [5, 5.41) is 0.724. The summed E-state index contributed by atoms with van der Waals surface area (Å²) >= 11 is 7.75. The quantitative estimate of drug-likeness (QED) is 0.674. The van der Waals surface area contributed by atoms with Crippen molar-refractivity contribution in [1.82, 2.24) is 9.38 Å². The van der Waals surface area contributed by atoms with E-state index in [1.807, 2.05) is 28.9 Å². The summed E-state index contributed by atoms with van der Waals surface area (Å²) in [6.45, 7) is 2.17. The number of thiophene rings is 1. The zero-order valence-electron chi connectivity index (χ0n) is 9.35. The molecule has 0 unspecified atom stereocenters. The highest BCUT2D eigenvalue weighted by Gasteiger charge is 2.07. The van der Waals surface area contributed by atoms with Crippen LogP contribution in [-0.2, 0) is 6.42 Å². The van der Waals surface area contributed by atoms with Crippen LogP contribution in [0.25, 0.3) is 16.2 Å². The summed E-state index contributed by atoms with van der Waals surface area (Å²) in [4.78, 5) is 7.18. The summed E-state index contributed by atoms with van der Waals surface area (Å²) in [6.07, 6.45) is 4.97. The second-order valence-electron chi connectivity index (χ2n) is 3.86. The number of hydrogen-bond acceptors (Lipinski definition) is 2. The number of pyridine rings is 1. The zero-order chi connectivity index (χ0) is 11.8. The summed E-state index contributed by atoms with van der Waals surface area (Å²) in [6, 6.07) is 8.09. The minimum Gasteiger partial charge on any atom is -0.305 e. The summed E-state index contributed by atoms with van der Waals surface area (Å²) in [5.74, 6) is 0. The lowest BCUT2D eigenvalue weighted by molar-refractivity contribution is 1.19. The monoisotopic (exact) mass is 262 g/mol. The van der Waals surface area contributed by atoms with Crippen molar-refractivity contribution in [1.29, 1.82) is 0 Å². The van der Waals surface area contributed by atoms with Gasteiger partial charge < -0.3 is 4.40 Å². The second-order valence-corrected chi connectivity index (χ2v) is 5.46. The van der Waals surface area contributed by atoms with Gasteiger partial charge in [0, 0.05) is 17.3 Å². The maximum absolute atomic E-state index is 5.95. The van der Waals surface area contributed by atoms with Crippen molar-refractivity contribution < 1.29 is 0 Å². The van der Waals surface area contributed by atoms with Crippen LogP contribution in [-0.4, -0.2) is 9.38 Å². The number of imidazole rings is 1. The molecule has 3 heterocycles. The highest BCUT2D eigenvalue weighted by Crippen LogP contribution is 2.28. The number of rotatable bonds is 2. The molecule has 0 bridgehead atoms. The highest BCUT2D eigenvalue weighted by atomic mass is 35.5. The zero-order valence-corrected chi connectivity index (χ0v) is 10.9. The van der Waals surface area contributed by atoms with Gasteiger partial charge in [-0.2, -0.15) is 0 Å². The molecule has 0 N–H and O–H groups in total. The molecule has 0 saturated heterocycles. The van der Waals surface area contributed by atoms with Crippen molar-refractivity contribution in [3.63, 3.8) is 0 Å². The smallest absolute Gasteiger partial charge is 0.137 e. The van der Waals surface area contributed by atoms with Gasteiger partial charge in [0.25, 0.3) is 0 Å². The van der Waals surface area contributed by atoms with E-state index >= 15 is 0 Å². The predicted octanol–water partition coefficient (Wildman–Crippen LogP) is 4.28. The molecule has 0 fully saturated rings. The first-order chi connectivity index (χ1) is 8.26. The average molecular weight is 263 g/mol. The van der Waals surface area contributed by atoms with Crippen molar-refractivity contribution in [2.75, 3.05) is 0 Å². The first-order valence-corrected chi connectivity index (χ1v) is 6.69. The Morgan fingerprint density at radius 1 is 1.24 bits per heavy atom. The first kappa shape index (κ1) is 10.8. The van der Waals surface area contributed by atoms with E-state index in [4.69, 9.17) is 11.6 Å². The third kappa shape index (κ3) is 1.96. The van der Waals surface area contributed by atoms with Crippen LogP contribution in [0.4, 0.5) is 0 Å². The molecule has 3 aromatic heterocycles. The molecule has 0 spiro atoms. The number of halogens is 1. The Kier molecular flexibility index (Phi) is 2.65. The molecule has 2 nitrogen and oxygen atoms in total. The van der Waals surface area contributed by atoms with Gasteiger partial charge in [-0.1, -0.05) is 18.5 Å². The third-order valence-electron chi connectivity index (χ3n) is 2.68. The SMILES string of the molecule is CCc1ccc(-c2cn3cc(Cl)ccc3n2)s1. The maximum atomic E-state index is 5.95. The number of fused-ring (bicyclic) bond motifs is 1. The molecule has 0 atom stereocenters. The molecule has 86 valence electrons. The van der Waals surface area contributed by atoms with Crippen LogP contribution in [0.3, 0.4) is 0 Å². The van der Waals surface area contributed by atoms with Gasteiger partial charge in [-0.25, -0.2) is 4.98 Å². The third-order valence-corrected chi connectivity index (χ3v) is 4.15. The molecule has 0 aromatic carbocycles. The van der Waals surface area contributed by atoms with Crippen LogP contribution in [0.15, 0.2) is 36.7 Å². The molecule has 0 aliphatic heterocycles. The molecule has 17 heavy (non-hydrogen) atoms. The fraction of sp³-hybridized carbons (Fsp3) is 0.154. The average Bonchev–Trinajstić information content (AvgIpc) is 2.93. The molecule has 0 saturated carbocycles. The fourth-order valence-electron chi connectivity index (χ4n) is 1.79. The van der Waals surface area contributed by atoms with Crippen molar-refractivity contribution in [3.05, 3.63) is 46.6 Å². The van der Waals surface area contributed by atoms with Gasteiger partial charge in [0.2, 0.25) is 0 Å². The van der Waals surface area contributed by atoms with Gasteiger partial charge in [-0.05, 0) is 30.7 Å². The number of aryl methyl sites for hydroxylation is 1. The topological polar surface area (TPSA) is 17.3 Å². The van der Waals surface area contributed by atoms with Crippen molar-refractivity contribution in [3.8, 4) is 10.6 Å². The lowest BCUT2D eigenvalue weighted by Gasteiger charge is -1.91. The number of hydrogen-bond donors (Lipinski definition) is 0. The van der Waals surface area contributed by atoms with Crippen LogP contribution in [0.5, 0.6) is 0 Å². The molecule has 0 aliphatic rings. The number of nitrogens with zero attached hydrogens (tertiary/aromatic N) is 2. The largest absolute Gasteiger partial charge is 0.305 e. The standard InChI is InChI=1S/C13H11ClN2S/c1-2-10-4-5-12(17-10)11-8-16-7-9(14)3-6-13(16)15-11/h3-8H,2H2,1H3. The first-order valence-electron chi connectivity index (χ1n) is 5.49. The molecule has 3 aromatic rings. The van der Waals surface area contributed by atoms with E-state index in [0.717, 1.165) is 22.8 Å². The van der Waals surface area contributed by atoms with Crippen molar-refractivity contribution in [2.24, 2.45) is 0 Å². The Morgan fingerprint density at radius 3 is 2.88 bits per heavy atom. The van der Waals surface area contributed by atoms with E-state index in [-0.39, 0.29) is 0 Å². The Hall–Kier alpha value is -1.32. The van der Waals surface area contributed by atoms with Crippen molar-refractivity contribution >= 4 is 28.6 Å². The Morgan fingerprint density at radius 2 is 2.12 bits per heavy atom. The highest BCUT2D eigenvalue weighted by molar-refractivity contribution is 7.15. The van der Waals surface area contributed by atoms with E-state index < -0.39 is 0 Å². The second kappa shape index (κ2) is 4.17. The van der Waals surface area contributed by atoms with E-state index in [9.17, 15) is 0 Å². The maximum Gasteiger partial charge on any atom is 0.137 e. The van der Waals surface area contributed by atoms with E-state index in [2.05, 4.69) is 24.0 Å². The molecule has 4 heteroatoms. The van der Waals surface area contributed by atoms with Crippen LogP contribution in [0.2, 0.25) is 5.02 Å². The summed E-state index contributed by atoms with van der Waals surface area (Å²) < 4.78 is 1.96. The summed E-state index contributed by atoms with van der Waals surface area (Å²) in [5.41, 5.74) is 1.94. The fourth-order valence-corrected chi connectivity index (χ4v) is 2.86. The Balaban J connectivity index is 2.11. The lowest BCUT2D eigenvalue weighted by Crippen LogP contribution is -1.79. The van der Waals surface area contributed by atoms with Crippen LogP contribution in [0, 0.1) is 0 Å². The molecule has 3 rings (SSSR count). The Bertz CT molecular complexity index is 669. The van der Waals surface area contributed by atoms with E-state index in [1.165, 1.54) is 9.75 Å². The van der Waals surface area contributed by atoms with Crippen LogP contribution < -0.4 is 0 Å². The molecule has 0 radical (unpaired) electrons. The molecule has 0 aliphatic carbocycles. The van der Waals surface area contributed by atoms with Crippen LogP contribution >= 0.6 is 22.9 Å². The van der Waals surface area contributed by atoms with Gasteiger partial charge in [0.1, 0.15) is 5.65 Å². The normalized spacial score (nSPS) is 11.2.